The van der Waals surface area contributed by atoms with Gasteiger partial charge in [0.1, 0.15) is 0 Å². The van der Waals surface area contributed by atoms with Crippen LogP contribution in [0.5, 0.6) is 0 Å². The van der Waals surface area contributed by atoms with Crippen molar-refractivity contribution in [2.75, 3.05) is 5.32 Å². The molecule has 4 N–H and O–H groups in total. The number of aliphatic carboxylic acids is 1. The predicted octanol–water partition coefficient (Wildman–Crippen LogP) is 1.36. The molecule has 0 aliphatic rings. The van der Waals surface area contributed by atoms with E-state index in [4.69, 9.17) is 5.11 Å². The van der Waals surface area contributed by atoms with Crippen LogP contribution in [-0.2, 0) is 17.8 Å². The molecule has 7 heteroatoms. The molecule has 2 rings (SSSR count). The highest BCUT2D eigenvalue weighted by molar-refractivity contribution is 5.89. The van der Waals surface area contributed by atoms with E-state index in [1.54, 1.807) is 36.7 Å². The molecule has 20 heavy (non-hydrogen) atoms. The van der Waals surface area contributed by atoms with Crippen molar-refractivity contribution in [2.45, 2.75) is 13.0 Å². The van der Waals surface area contributed by atoms with E-state index < -0.39 is 5.97 Å². The van der Waals surface area contributed by atoms with Gasteiger partial charge in [0.05, 0.1) is 12.6 Å². The Hall–Kier alpha value is -2.83. The summed E-state index contributed by atoms with van der Waals surface area (Å²) in [5.41, 5.74) is 2.16. The SMILES string of the molecule is O=C(O)Cc1ccc(NC(=O)NCc2cn[nH]c2)cc1. The molecule has 7 nitrogen and oxygen atoms in total. The van der Waals surface area contributed by atoms with Gasteiger partial charge in [-0.05, 0) is 17.7 Å². The maximum Gasteiger partial charge on any atom is 0.319 e. The summed E-state index contributed by atoms with van der Waals surface area (Å²) in [4.78, 5) is 22.2. The van der Waals surface area contributed by atoms with Gasteiger partial charge in [-0.15, -0.1) is 0 Å². The zero-order valence-electron chi connectivity index (χ0n) is 10.6. The van der Waals surface area contributed by atoms with Crippen LogP contribution < -0.4 is 10.6 Å². The number of hydrogen-bond donors (Lipinski definition) is 4. The molecule has 1 aromatic carbocycles. The summed E-state index contributed by atoms with van der Waals surface area (Å²) in [7, 11) is 0. The molecule has 2 aromatic rings. The third-order valence-electron chi connectivity index (χ3n) is 2.58. The maximum atomic E-state index is 11.6. The van der Waals surface area contributed by atoms with Crippen LogP contribution in [0.3, 0.4) is 0 Å². The summed E-state index contributed by atoms with van der Waals surface area (Å²) in [5.74, 6) is -0.886. The molecule has 0 aliphatic heterocycles. The van der Waals surface area contributed by atoms with Gasteiger partial charge >= 0.3 is 12.0 Å². The van der Waals surface area contributed by atoms with E-state index in [1.165, 1.54) is 0 Å². The number of rotatable bonds is 5. The number of aromatic amines is 1. The van der Waals surface area contributed by atoms with Gasteiger partial charge in [-0.3, -0.25) is 9.89 Å². The van der Waals surface area contributed by atoms with Gasteiger partial charge in [-0.25, -0.2) is 4.79 Å². The summed E-state index contributed by atoms with van der Waals surface area (Å²) in [6.45, 7) is 0.374. The molecule has 0 bridgehead atoms. The summed E-state index contributed by atoms with van der Waals surface area (Å²) in [6, 6.07) is 6.32. The fourth-order valence-corrected chi connectivity index (χ4v) is 1.61. The highest BCUT2D eigenvalue weighted by atomic mass is 16.4. The number of anilines is 1. The molecule has 2 amide bonds. The zero-order chi connectivity index (χ0) is 14.4. The van der Waals surface area contributed by atoms with E-state index in [1.807, 2.05) is 0 Å². The zero-order valence-corrected chi connectivity index (χ0v) is 10.6. The molecule has 1 heterocycles. The summed E-state index contributed by atoms with van der Waals surface area (Å²) >= 11 is 0. The molecular weight excluding hydrogens is 260 g/mol. The van der Waals surface area contributed by atoms with Crippen molar-refractivity contribution < 1.29 is 14.7 Å². The number of carboxylic acids is 1. The number of urea groups is 1. The van der Waals surface area contributed by atoms with Gasteiger partial charge in [0, 0.05) is 24.0 Å². The van der Waals surface area contributed by atoms with E-state index in [2.05, 4.69) is 20.8 Å². The van der Waals surface area contributed by atoms with Crippen LogP contribution in [0.2, 0.25) is 0 Å². The second-order valence-electron chi connectivity index (χ2n) is 4.18. The molecule has 0 spiro atoms. The highest BCUT2D eigenvalue weighted by Crippen LogP contribution is 2.10. The molecule has 104 valence electrons. The molecule has 0 atom stereocenters. The van der Waals surface area contributed by atoms with Crippen LogP contribution in [-0.4, -0.2) is 27.3 Å². The third-order valence-corrected chi connectivity index (χ3v) is 2.58. The van der Waals surface area contributed by atoms with Gasteiger partial charge in [-0.1, -0.05) is 12.1 Å². The smallest absolute Gasteiger partial charge is 0.319 e. The Kier molecular flexibility index (Phi) is 4.33. The number of carbonyl (C=O) groups is 2. The van der Waals surface area contributed by atoms with Crippen molar-refractivity contribution in [1.29, 1.82) is 0 Å². The third kappa shape index (κ3) is 4.13. The Morgan fingerprint density at radius 3 is 2.55 bits per heavy atom. The van der Waals surface area contributed by atoms with E-state index in [-0.39, 0.29) is 12.5 Å². The molecule has 0 saturated carbocycles. The lowest BCUT2D eigenvalue weighted by molar-refractivity contribution is -0.136. The number of H-pyrrole nitrogens is 1. The Morgan fingerprint density at radius 1 is 1.20 bits per heavy atom. The lowest BCUT2D eigenvalue weighted by Gasteiger charge is -2.07. The lowest BCUT2D eigenvalue weighted by Crippen LogP contribution is -2.28. The number of benzene rings is 1. The van der Waals surface area contributed by atoms with Crippen molar-refractivity contribution in [1.82, 2.24) is 15.5 Å². The average molecular weight is 274 g/mol. The minimum Gasteiger partial charge on any atom is -0.481 e. The second kappa shape index (κ2) is 6.37. The molecule has 0 fully saturated rings. The number of nitrogens with one attached hydrogen (secondary N) is 3. The first-order chi connectivity index (χ1) is 9.63. The van der Waals surface area contributed by atoms with Crippen LogP contribution in [0.25, 0.3) is 0 Å². The number of nitrogens with zero attached hydrogens (tertiary/aromatic N) is 1. The van der Waals surface area contributed by atoms with Gasteiger partial charge in [0.2, 0.25) is 0 Å². The average Bonchev–Trinajstić information content (AvgIpc) is 2.91. The second-order valence-corrected chi connectivity index (χ2v) is 4.18. The van der Waals surface area contributed by atoms with E-state index in [0.717, 1.165) is 5.56 Å². The summed E-state index contributed by atoms with van der Waals surface area (Å²) < 4.78 is 0. The fourth-order valence-electron chi connectivity index (χ4n) is 1.61. The number of carbonyl (C=O) groups excluding carboxylic acids is 1. The first-order valence-electron chi connectivity index (χ1n) is 5.97. The van der Waals surface area contributed by atoms with Gasteiger partial charge in [0.25, 0.3) is 0 Å². The topological polar surface area (TPSA) is 107 Å². The number of carboxylic acid groups (broad SMARTS) is 1. The molecule has 0 saturated heterocycles. The quantitative estimate of drug-likeness (QED) is 0.660. The molecule has 0 unspecified atom stereocenters. The predicted molar refractivity (Wildman–Crippen MR) is 72.2 cm³/mol. The summed E-state index contributed by atoms with van der Waals surface area (Å²) in [6.07, 6.45) is 3.29. The highest BCUT2D eigenvalue weighted by Gasteiger charge is 2.04. The van der Waals surface area contributed by atoms with E-state index in [0.29, 0.717) is 17.8 Å². The Labute approximate surface area is 115 Å². The Bertz CT molecular complexity index is 578. The lowest BCUT2D eigenvalue weighted by atomic mass is 10.1. The largest absolute Gasteiger partial charge is 0.481 e. The van der Waals surface area contributed by atoms with Crippen molar-refractivity contribution in [3.8, 4) is 0 Å². The maximum absolute atomic E-state index is 11.6. The standard InChI is InChI=1S/C13H14N4O3/c18-12(19)5-9-1-3-11(4-2-9)17-13(20)14-6-10-7-15-16-8-10/h1-4,7-8H,5-6H2,(H,15,16)(H,18,19)(H2,14,17,20). The van der Waals surface area contributed by atoms with Crippen LogP contribution >= 0.6 is 0 Å². The Morgan fingerprint density at radius 2 is 1.95 bits per heavy atom. The first-order valence-corrected chi connectivity index (χ1v) is 5.97. The normalized spacial score (nSPS) is 10.0. The van der Waals surface area contributed by atoms with Crippen molar-refractivity contribution in [3.63, 3.8) is 0 Å². The van der Waals surface area contributed by atoms with Gasteiger partial charge < -0.3 is 15.7 Å². The molecule has 0 radical (unpaired) electrons. The van der Waals surface area contributed by atoms with Crippen molar-refractivity contribution in [3.05, 3.63) is 47.8 Å². The number of amides is 2. The monoisotopic (exact) mass is 274 g/mol. The van der Waals surface area contributed by atoms with Crippen molar-refractivity contribution >= 4 is 17.7 Å². The minimum absolute atomic E-state index is 0.0348. The van der Waals surface area contributed by atoms with Crippen LogP contribution in [0.1, 0.15) is 11.1 Å². The van der Waals surface area contributed by atoms with Crippen molar-refractivity contribution in [2.24, 2.45) is 0 Å². The van der Waals surface area contributed by atoms with E-state index >= 15 is 0 Å². The van der Waals surface area contributed by atoms with Gasteiger partial charge in [0.15, 0.2) is 0 Å². The van der Waals surface area contributed by atoms with Crippen LogP contribution in [0.15, 0.2) is 36.7 Å². The van der Waals surface area contributed by atoms with Gasteiger partial charge in [-0.2, -0.15) is 5.10 Å². The number of hydrogen-bond acceptors (Lipinski definition) is 3. The first kappa shape index (κ1) is 13.6. The summed E-state index contributed by atoms with van der Waals surface area (Å²) in [5, 5.41) is 20.4. The molecule has 0 aliphatic carbocycles. The fraction of sp³-hybridized carbons (Fsp3) is 0.154. The molecular formula is C13H14N4O3. The number of aromatic nitrogens is 2. The van der Waals surface area contributed by atoms with Crippen LogP contribution in [0.4, 0.5) is 10.5 Å². The van der Waals surface area contributed by atoms with E-state index in [9.17, 15) is 9.59 Å². The van der Waals surface area contributed by atoms with Crippen LogP contribution in [0, 0.1) is 0 Å². The molecule has 1 aromatic heterocycles. The minimum atomic E-state index is -0.886. The Balaban J connectivity index is 1.83.